The molecule has 0 bridgehead atoms. The summed E-state index contributed by atoms with van der Waals surface area (Å²) in [5.41, 5.74) is 0.272. The fraction of sp³-hybridized carbons (Fsp3) is 0.444. The number of rotatable bonds is 2. The number of amides is 2. The van der Waals surface area contributed by atoms with Crippen LogP contribution < -0.4 is 10.6 Å². The van der Waals surface area contributed by atoms with Gasteiger partial charge in [0.15, 0.2) is 11.6 Å². The molecule has 0 radical (unpaired) electrons. The number of hydrogen-bond acceptors (Lipinski definition) is 4. The molecule has 2 N–H and O–H groups in total. The Bertz CT molecular complexity index is 403. The Hall–Kier alpha value is -2.03. The Balaban J connectivity index is 3.01. The first-order valence-electron chi connectivity index (χ1n) is 4.48. The lowest BCUT2D eigenvalue weighted by Gasteiger charge is -2.00. The van der Waals surface area contributed by atoms with Gasteiger partial charge in [-0.05, 0) is 0 Å². The molecule has 15 heavy (non-hydrogen) atoms. The molecule has 80 valence electrons. The minimum absolute atomic E-state index is 0.0485. The fourth-order valence-corrected chi connectivity index (χ4v) is 1.06. The standard InChI is InChI=1S/C9H12N4O2/c1-5(2)7-6(4-10)8(13-15-7)12-9(14)11-3/h5H,1-3H3,(H2,11,12,13,14). The number of carbonyl (C=O) groups is 1. The molecule has 0 fully saturated rings. The second-order valence-electron chi connectivity index (χ2n) is 3.24. The topological polar surface area (TPSA) is 90.9 Å². The third-order valence-electron chi connectivity index (χ3n) is 1.81. The third kappa shape index (κ3) is 2.26. The van der Waals surface area contributed by atoms with E-state index in [0.717, 1.165) is 0 Å². The van der Waals surface area contributed by atoms with E-state index in [1.807, 2.05) is 19.9 Å². The number of carbonyl (C=O) groups excluding carboxylic acids is 1. The predicted octanol–water partition coefficient (Wildman–Crippen LogP) is 1.42. The second-order valence-corrected chi connectivity index (χ2v) is 3.24. The van der Waals surface area contributed by atoms with Gasteiger partial charge in [-0.15, -0.1) is 0 Å². The predicted molar refractivity (Wildman–Crippen MR) is 53.4 cm³/mol. The Morgan fingerprint density at radius 2 is 2.27 bits per heavy atom. The number of nitrogens with zero attached hydrogens (tertiary/aromatic N) is 2. The summed E-state index contributed by atoms with van der Waals surface area (Å²) >= 11 is 0. The highest BCUT2D eigenvalue weighted by atomic mass is 16.5. The van der Waals surface area contributed by atoms with Crippen molar-refractivity contribution in [3.05, 3.63) is 11.3 Å². The van der Waals surface area contributed by atoms with Crippen molar-refractivity contribution in [1.29, 1.82) is 5.26 Å². The Labute approximate surface area is 87.2 Å². The van der Waals surface area contributed by atoms with Gasteiger partial charge >= 0.3 is 6.03 Å². The molecule has 1 aromatic heterocycles. The molecule has 6 nitrogen and oxygen atoms in total. The maximum atomic E-state index is 11.0. The van der Waals surface area contributed by atoms with Crippen molar-refractivity contribution in [2.75, 3.05) is 12.4 Å². The number of urea groups is 1. The van der Waals surface area contributed by atoms with Gasteiger partial charge in [0.2, 0.25) is 0 Å². The van der Waals surface area contributed by atoms with E-state index in [-0.39, 0.29) is 17.3 Å². The van der Waals surface area contributed by atoms with Crippen LogP contribution in [-0.4, -0.2) is 18.2 Å². The van der Waals surface area contributed by atoms with Crippen LogP contribution in [0.3, 0.4) is 0 Å². The van der Waals surface area contributed by atoms with Gasteiger partial charge in [0.1, 0.15) is 11.6 Å². The largest absolute Gasteiger partial charge is 0.357 e. The molecule has 0 aromatic carbocycles. The zero-order valence-electron chi connectivity index (χ0n) is 8.79. The lowest BCUT2D eigenvalue weighted by Crippen LogP contribution is -2.25. The van der Waals surface area contributed by atoms with Crippen molar-refractivity contribution in [2.24, 2.45) is 0 Å². The summed E-state index contributed by atoms with van der Waals surface area (Å²) in [4.78, 5) is 11.0. The fourth-order valence-electron chi connectivity index (χ4n) is 1.06. The molecule has 2 amide bonds. The Kier molecular flexibility index (Phi) is 3.29. The molecule has 1 rings (SSSR count). The first-order valence-corrected chi connectivity index (χ1v) is 4.48. The minimum Gasteiger partial charge on any atom is -0.357 e. The van der Waals surface area contributed by atoms with Crippen molar-refractivity contribution in [2.45, 2.75) is 19.8 Å². The van der Waals surface area contributed by atoms with Crippen molar-refractivity contribution >= 4 is 11.8 Å². The van der Waals surface area contributed by atoms with Gasteiger partial charge in [-0.2, -0.15) is 5.26 Å². The molecule has 0 unspecified atom stereocenters. The zero-order chi connectivity index (χ0) is 11.4. The summed E-state index contributed by atoms with van der Waals surface area (Å²) in [5, 5.41) is 17.3. The van der Waals surface area contributed by atoms with Gasteiger partial charge in [0, 0.05) is 13.0 Å². The normalized spacial score (nSPS) is 9.80. The van der Waals surface area contributed by atoms with Gasteiger partial charge in [0.25, 0.3) is 0 Å². The van der Waals surface area contributed by atoms with Gasteiger partial charge in [-0.1, -0.05) is 19.0 Å². The molecule has 6 heteroatoms. The van der Waals surface area contributed by atoms with E-state index in [2.05, 4.69) is 15.8 Å². The van der Waals surface area contributed by atoms with Crippen LogP contribution >= 0.6 is 0 Å². The summed E-state index contributed by atoms with van der Waals surface area (Å²) in [5.74, 6) is 0.678. The molecule has 0 atom stereocenters. The molecule has 0 aliphatic carbocycles. The van der Waals surface area contributed by atoms with Crippen molar-refractivity contribution in [3.63, 3.8) is 0 Å². The zero-order valence-corrected chi connectivity index (χ0v) is 8.79. The summed E-state index contributed by atoms with van der Waals surface area (Å²) in [6.07, 6.45) is 0. The second kappa shape index (κ2) is 4.46. The third-order valence-corrected chi connectivity index (χ3v) is 1.81. The van der Waals surface area contributed by atoms with E-state index in [1.165, 1.54) is 7.05 Å². The maximum absolute atomic E-state index is 11.0. The van der Waals surface area contributed by atoms with E-state index in [0.29, 0.717) is 5.76 Å². The van der Waals surface area contributed by atoms with Crippen molar-refractivity contribution in [1.82, 2.24) is 10.5 Å². The number of hydrogen-bond donors (Lipinski definition) is 2. The Morgan fingerprint density at radius 3 is 2.73 bits per heavy atom. The molecule has 0 saturated heterocycles. The highest BCUT2D eigenvalue weighted by molar-refractivity contribution is 5.89. The number of aromatic nitrogens is 1. The first kappa shape index (κ1) is 11.0. The molecule has 0 aliphatic heterocycles. The average Bonchev–Trinajstić information content (AvgIpc) is 2.60. The molecule has 0 spiro atoms. The monoisotopic (exact) mass is 208 g/mol. The van der Waals surface area contributed by atoms with E-state index in [1.54, 1.807) is 0 Å². The SMILES string of the molecule is CNC(=O)Nc1noc(C(C)C)c1C#N. The molecular weight excluding hydrogens is 196 g/mol. The van der Waals surface area contributed by atoms with Gasteiger partial charge < -0.3 is 9.84 Å². The van der Waals surface area contributed by atoms with Gasteiger partial charge in [0.05, 0.1) is 0 Å². The minimum atomic E-state index is -0.435. The molecule has 0 saturated carbocycles. The van der Waals surface area contributed by atoms with Crippen molar-refractivity contribution in [3.8, 4) is 6.07 Å². The van der Waals surface area contributed by atoms with E-state index in [4.69, 9.17) is 9.78 Å². The lowest BCUT2D eigenvalue weighted by atomic mass is 10.1. The summed E-state index contributed by atoms with van der Waals surface area (Å²) < 4.78 is 4.98. The van der Waals surface area contributed by atoms with Crippen LogP contribution in [0.5, 0.6) is 0 Å². The van der Waals surface area contributed by atoms with Crippen LogP contribution in [0.25, 0.3) is 0 Å². The van der Waals surface area contributed by atoms with Crippen LogP contribution in [0.2, 0.25) is 0 Å². The first-order chi connectivity index (χ1) is 7.10. The molecule has 1 heterocycles. The van der Waals surface area contributed by atoms with Crippen LogP contribution in [0.1, 0.15) is 31.1 Å². The number of anilines is 1. The van der Waals surface area contributed by atoms with E-state index < -0.39 is 6.03 Å². The van der Waals surface area contributed by atoms with E-state index >= 15 is 0 Å². The number of nitriles is 1. The van der Waals surface area contributed by atoms with Gasteiger partial charge in [-0.25, -0.2) is 4.79 Å². The highest BCUT2D eigenvalue weighted by Crippen LogP contribution is 2.24. The smallest absolute Gasteiger partial charge is 0.320 e. The Morgan fingerprint density at radius 1 is 1.60 bits per heavy atom. The maximum Gasteiger partial charge on any atom is 0.320 e. The molecular formula is C9H12N4O2. The lowest BCUT2D eigenvalue weighted by molar-refractivity contribution is 0.253. The molecule has 1 aromatic rings. The summed E-state index contributed by atoms with van der Waals surface area (Å²) in [7, 11) is 1.48. The van der Waals surface area contributed by atoms with Crippen LogP contribution in [-0.2, 0) is 0 Å². The van der Waals surface area contributed by atoms with Crippen LogP contribution in [0.15, 0.2) is 4.52 Å². The molecule has 0 aliphatic rings. The highest BCUT2D eigenvalue weighted by Gasteiger charge is 2.19. The summed E-state index contributed by atoms with van der Waals surface area (Å²) in [6, 6.07) is 1.52. The average molecular weight is 208 g/mol. The number of nitrogens with one attached hydrogen (secondary N) is 2. The van der Waals surface area contributed by atoms with Gasteiger partial charge in [-0.3, -0.25) is 5.32 Å². The van der Waals surface area contributed by atoms with Crippen LogP contribution in [0, 0.1) is 11.3 Å². The van der Waals surface area contributed by atoms with Crippen molar-refractivity contribution < 1.29 is 9.32 Å². The van der Waals surface area contributed by atoms with Crippen LogP contribution in [0.4, 0.5) is 10.6 Å². The summed E-state index contributed by atoms with van der Waals surface area (Å²) in [6.45, 7) is 3.76. The van der Waals surface area contributed by atoms with E-state index in [9.17, 15) is 4.79 Å². The quantitative estimate of drug-likeness (QED) is 0.768.